The molecule has 12 heteroatoms. The summed E-state index contributed by atoms with van der Waals surface area (Å²) in [5.74, 6) is -1.15. The Balaban J connectivity index is 1.58. The van der Waals surface area contributed by atoms with Crippen molar-refractivity contribution in [1.29, 1.82) is 0 Å². The normalized spacial score (nSPS) is 13.9. The van der Waals surface area contributed by atoms with E-state index in [2.05, 4.69) is 5.32 Å². The van der Waals surface area contributed by atoms with E-state index in [-0.39, 0.29) is 45.5 Å². The Morgan fingerprint density at radius 3 is 2.14 bits per heavy atom. The molecule has 4 aromatic carbocycles. The van der Waals surface area contributed by atoms with Crippen LogP contribution in [0.3, 0.4) is 0 Å². The van der Waals surface area contributed by atoms with Gasteiger partial charge in [0.1, 0.15) is 24.2 Å². The lowest BCUT2D eigenvalue weighted by Crippen LogP contribution is -2.54. The summed E-state index contributed by atoms with van der Waals surface area (Å²) in [4.78, 5) is 30.1. The number of hydrogen-bond acceptors (Lipinski definition) is 5. The van der Waals surface area contributed by atoms with Gasteiger partial charge in [0.25, 0.3) is 10.0 Å². The molecule has 0 aromatic heterocycles. The Morgan fingerprint density at radius 1 is 0.898 bits per heavy atom. The second kappa shape index (κ2) is 16.5. The van der Waals surface area contributed by atoms with Crippen molar-refractivity contribution >= 4 is 50.7 Å². The summed E-state index contributed by atoms with van der Waals surface area (Å²) in [5, 5.41) is 3.71. The maximum absolute atomic E-state index is 14.7. The van der Waals surface area contributed by atoms with Crippen LogP contribution in [0.15, 0.2) is 102 Å². The predicted molar refractivity (Wildman–Crippen MR) is 190 cm³/mol. The first-order valence-electron chi connectivity index (χ1n) is 16.1. The van der Waals surface area contributed by atoms with E-state index in [1.54, 1.807) is 18.2 Å². The van der Waals surface area contributed by atoms with Crippen molar-refractivity contribution in [2.75, 3.05) is 17.5 Å². The van der Waals surface area contributed by atoms with Gasteiger partial charge < -0.3 is 15.0 Å². The topological polar surface area (TPSA) is 96.0 Å². The number of nitrogens with one attached hydrogen (secondary N) is 1. The summed E-state index contributed by atoms with van der Waals surface area (Å²) in [5.41, 5.74) is 1.28. The van der Waals surface area contributed by atoms with Crippen LogP contribution in [0.25, 0.3) is 0 Å². The third-order valence-corrected chi connectivity index (χ3v) is 11.0. The minimum Gasteiger partial charge on any atom is -0.494 e. The minimum absolute atomic E-state index is 0.0395. The van der Waals surface area contributed by atoms with Crippen LogP contribution in [-0.2, 0) is 32.6 Å². The second-order valence-electron chi connectivity index (χ2n) is 11.8. The lowest BCUT2D eigenvalue weighted by molar-refractivity contribution is -0.140. The number of sulfonamides is 1. The van der Waals surface area contributed by atoms with Gasteiger partial charge in [-0.05, 0) is 86.0 Å². The highest BCUT2D eigenvalue weighted by Crippen LogP contribution is 2.30. The summed E-state index contributed by atoms with van der Waals surface area (Å²) in [7, 11) is -4.38. The van der Waals surface area contributed by atoms with Gasteiger partial charge in [0.05, 0.1) is 17.2 Å². The van der Waals surface area contributed by atoms with Crippen LogP contribution >= 0.6 is 23.2 Å². The molecule has 49 heavy (non-hydrogen) atoms. The van der Waals surface area contributed by atoms with Gasteiger partial charge in [0.15, 0.2) is 0 Å². The van der Waals surface area contributed by atoms with E-state index in [0.717, 1.165) is 47.7 Å². The van der Waals surface area contributed by atoms with Crippen LogP contribution in [0.2, 0.25) is 10.0 Å². The lowest BCUT2D eigenvalue weighted by atomic mass is 10.0. The minimum atomic E-state index is -4.38. The van der Waals surface area contributed by atoms with Crippen LogP contribution in [0.5, 0.6) is 5.75 Å². The van der Waals surface area contributed by atoms with Gasteiger partial charge in [-0.2, -0.15) is 0 Å². The first-order chi connectivity index (χ1) is 23.6. The Hall–Kier alpha value is -4.12. The average Bonchev–Trinajstić information content (AvgIpc) is 3.60. The first kappa shape index (κ1) is 36.2. The summed E-state index contributed by atoms with van der Waals surface area (Å²) >= 11 is 13.2. The van der Waals surface area contributed by atoms with Crippen LogP contribution in [0, 0.1) is 5.82 Å². The molecule has 1 aliphatic rings. The lowest BCUT2D eigenvalue weighted by Gasteiger charge is -2.34. The standard InChI is InChI=1S/C37H38Cl2FN3O5S/c1-2-48-30-19-21-31(22-20-30)49(46,47)43(29-17-15-27(40)16-18-29)25-36(44)42(24-32-33(38)13-8-14-34(32)39)35(23-26-9-4-3-5-10-26)37(45)41-28-11-6-7-12-28/h3-5,8-10,13-22,28,35H,2,6-7,11-12,23-25H2,1H3,(H,41,45)/t35-/m0/s1. The van der Waals surface area contributed by atoms with Crippen LogP contribution in [-0.4, -0.2) is 50.4 Å². The molecule has 258 valence electrons. The van der Waals surface area contributed by atoms with Crippen LogP contribution < -0.4 is 14.4 Å². The van der Waals surface area contributed by atoms with Crippen molar-refractivity contribution in [2.45, 2.75) is 62.6 Å². The first-order valence-corrected chi connectivity index (χ1v) is 18.3. The highest BCUT2D eigenvalue weighted by atomic mass is 35.5. The molecule has 1 saturated carbocycles. The molecule has 0 aliphatic heterocycles. The number of halogens is 3. The molecule has 1 fully saturated rings. The fourth-order valence-corrected chi connectivity index (χ4v) is 7.84. The highest BCUT2D eigenvalue weighted by molar-refractivity contribution is 7.92. The maximum atomic E-state index is 14.7. The fourth-order valence-electron chi connectivity index (χ4n) is 5.91. The SMILES string of the molecule is CCOc1ccc(S(=O)(=O)N(CC(=O)N(Cc2c(Cl)cccc2Cl)[C@@H](Cc2ccccc2)C(=O)NC2CCCC2)c2ccc(F)cc2)cc1. The summed E-state index contributed by atoms with van der Waals surface area (Å²) < 4.78 is 48.9. The molecule has 4 aromatic rings. The Bertz CT molecular complexity index is 1820. The molecular formula is C37H38Cl2FN3O5S. The molecule has 5 rings (SSSR count). The number of hydrogen-bond donors (Lipinski definition) is 1. The van der Waals surface area contributed by atoms with E-state index in [4.69, 9.17) is 27.9 Å². The van der Waals surface area contributed by atoms with Crippen LogP contribution in [0.1, 0.15) is 43.7 Å². The summed E-state index contributed by atoms with van der Waals surface area (Å²) in [6.45, 7) is 1.33. The molecule has 1 atom stereocenters. The zero-order valence-corrected chi connectivity index (χ0v) is 29.4. The van der Waals surface area contributed by atoms with E-state index in [1.165, 1.54) is 41.3 Å². The molecular weight excluding hydrogens is 688 g/mol. The molecule has 0 radical (unpaired) electrons. The third kappa shape index (κ3) is 9.12. The smallest absolute Gasteiger partial charge is 0.264 e. The number of ether oxygens (including phenoxy) is 1. The molecule has 1 N–H and O–H groups in total. The van der Waals surface area contributed by atoms with Crippen LogP contribution in [0.4, 0.5) is 10.1 Å². The Morgan fingerprint density at radius 2 is 1.53 bits per heavy atom. The van der Waals surface area contributed by atoms with Crippen molar-refractivity contribution in [2.24, 2.45) is 0 Å². The number of rotatable bonds is 14. The average molecular weight is 727 g/mol. The molecule has 8 nitrogen and oxygen atoms in total. The van der Waals surface area contributed by atoms with E-state index in [1.807, 2.05) is 37.3 Å². The molecule has 0 bridgehead atoms. The predicted octanol–water partition coefficient (Wildman–Crippen LogP) is 7.43. The number of amides is 2. The Kier molecular flexibility index (Phi) is 12.2. The van der Waals surface area contributed by atoms with Crippen molar-refractivity contribution in [1.82, 2.24) is 10.2 Å². The number of benzene rings is 4. The van der Waals surface area contributed by atoms with Gasteiger partial charge in [-0.3, -0.25) is 13.9 Å². The monoisotopic (exact) mass is 725 g/mol. The zero-order valence-electron chi connectivity index (χ0n) is 27.0. The molecule has 0 saturated heterocycles. The fraction of sp³-hybridized carbons (Fsp3) is 0.297. The maximum Gasteiger partial charge on any atom is 0.264 e. The molecule has 0 heterocycles. The highest BCUT2D eigenvalue weighted by Gasteiger charge is 2.36. The molecule has 0 unspecified atom stereocenters. The summed E-state index contributed by atoms with van der Waals surface area (Å²) in [6, 6.07) is 23.8. The number of carbonyl (C=O) groups is 2. The Labute approximate surface area is 296 Å². The number of anilines is 1. The van der Waals surface area contributed by atoms with Crippen molar-refractivity contribution in [3.8, 4) is 5.75 Å². The summed E-state index contributed by atoms with van der Waals surface area (Å²) in [6.07, 6.45) is 3.78. The molecule has 1 aliphatic carbocycles. The quantitative estimate of drug-likeness (QED) is 0.146. The number of carbonyl (C=O) groups excluding carboxylic acids is 2. The van der Waals surface area contributed by atoms with Gasteiger partial charge in [-0.15, -0.1) is 0 Å². The van der Waals surface area contributed by atoms with E-state index in [0.29, 0.717) is 17.9 Å². The van der Waals surface area contributed by atoms with Gasteiger partial charge in [-0.1, -0.05) is 72.4 Å². The van der Waals surface area contributed by atoms with E-state index < -0.39 is 34.3 Å². The van der Waals surface area contributed by atoms with E-state index in [9.17, 15) is 22.4 Å². The van der Waals surface area contributed by atoms with Gasteiger partial charge in [0.2, 0.25) is 11.8 Å². The van der Waals surface area contributed by atoms with Crippen molar-refractivity contribution in [3.63, 3.8) is 0 Å². The second-order valence-corrected chi connectivity index (χ2v) is 14.5. The van der Waals surface area contributed by atoms with Gasteiger partial charge >= 0.3 is 0 Å². The van der Waals surface area contributed by atoms with Gasteiger partial charge in [0, 0.05) is 34.6 Å². The molecule has 0 spiro atoms. The number of nitrogens with zero attached hydrogens (tertiary/aromatic N) is 2. The van der Waals surface area contributed by atoms with Crippen molar-refractivity contribution < 1.29 is 27.1 Å². The van der Waals surface area contributed by atoms with Gasteiger partial charge in [-0.25, -0.2) is 12.8 Å². The van der Waals surface area contributed by atoms with E-state index >= 15 is 0 Å². The zero-order chi connectivity index (χ0) is 35.0. The largest absolute Gasteiger partial charge is 0.494 e. The van der Waals surface area contributed by atoms with Crippen molar-refractivity contribution in [3.05, 3.63) is 124 Å². The third-order valence-electron chi connectivity index (χ3n) is 8.48. The molecule has 2 amide bonds.